The average molecular weight is 320 g/mol. The van der Waals surface area contributed by atoms with E-state index in [-0.39, 0.29) is 17.6 Å². The number of benzene rings is 1. The third-order valence-corrected chi connectivity index (χ3v) is 4.65. The number of hydrogen-bond donors (Lipinski definition) is 0. The summed E-state index contributed by atoms with van der Waals surface area (Å²) in [4.78, 5) is 16.7. The molecule has 0 bridgehead atoms. The maximum atomic E-state index is 12.3. The maximum absolute atomic E-state index is 12.3. The van der Waals surface area contributed by atoms with Crippen molar-refractivity contribution in [1.29, 1.82) is 0 Å². The molecule has 1 aromatic rings. The summed E-state index contributed by atoms with van der Waals surface area (Å²) < 4.78 is 10.9. The van der Waals surface area contributed by atoms with Gasteiger partial charge in [0.2, 0.25) is 0 Å². The van der Waals surface area contributed by atoms with Crippen LogP contribution in [-0.2, 0) is 14.3 Å². The predicted molar refractivity (Wildman–Crippen MR) is 90.3 cm³/mol. The van der Waals surface area contributed by atoms with Gasteiger partial charge in [0.1, 0.15) is 6.04 Å². The Hall–Kier alpha value is -1.43. The molecule has 0 spiro atoms. The van der Waals surface area contributed by atoms with E-state index in [4.69, 9.17) is 9.47 Å². The fourth-order valence-corrected chi connectivity index (χ4v) is 3.44. The molecule has 5 nitrogen and oxygen atoms in total. The van der Waals surface area contributed by atoms with Crippen LogP contribution in [0.4, 0.5) is 0 Å². The summed E-state index contributed by atoms with van der Waals surface area (Å²) in [6.45, 7) is 2.53. The lowest BCUT2D eigenvalue weighted by atomic mass is 9.89. The Labute approximate surface area is 139 Å². The SMILES string of the molecule is COC(=O)C(c1ccccc1)N1CCC(CN(C)C)(OC)CC1. The van der Waals surface area contributed by atoms with Crippen molar-refractivity contribution in [2.24, 2.45) is 0 Å². The first-order chi connectivity index (χ1) is 11.0. The summed E-state index contributed by atoms with van der Waals surface area (Å²) in [6.07, 6.45) is 1.81. The first-order valence-corrected chi connectivity index (χ1v) is 8.08. The van der Waals surface area contributed by atoms with Crippen LogP contribution >= 0.6 is 0 Å². The minimum atomic E-state index is -0.338. The van der Waals surface area contributed by atoms with Crippen molar-refractivity contribution in [1.82, 2.24) is 9.80 Å². The lowest BCUT2D eigenvalue weighted by Crippen LogP contribution is -2.52. The number of piperidine rings is 1. The molecular formula is C18H28N2O3. The Morgan fingerprint density at radius 3 is 2.30 bits per heavy atom. The molecule has 0 radical (unpaired) electrons. The van der Waals surface area contributed by atoms with Gasteiger partial charge in [0.05, 0.1) is 12.7 Å². The van der Waals surface area contributed by atoms with Crippen molar-refractivity contribution in [2.45, 2.75) is 24.5 Å². The van der Waals surface area contributed by atoms with Crippen molar-refractivity contribution in [2.75, 3.05) is 47.9 Å². The second-order valence-electron chi connectivity index (χ2n) is 6.50. The normalized spacial score (nSPS) is 19.5. The lowest BCUT2D eigenvalue weighted by Gasteiger charge is -2.44. The Morgan fingerprint density at radius 2 is 1.83 bits per heavy atom. The van der Waals surface area contributed by atoms with E-state index in [0.717, 1.165) is 38.0 Å². The van der Waals surface area contributed by atoms with Crippen LogP contribution in [0.15, 0.2) is 30.3 Å². The number of likely N-dealkylation sites (tertiary alicyclic amines) is 1. The fourth-order valence-electron chi connectivity index (χ4n) is 3.44. The molecule has 1 aromatic carbocycles. The molecule has 1 fully saturated rings. The van der Waals surface area contributed by atoms with Crippen molar-refractivity contribution in [3.8, 4) is 0 Å². The molecular weight excluding hydrogens is 292 g/mol. The van der Waals surface area contributed by atoms with Crippen LogP contribution in [0.3, 0.4) is 0 Å². The minimum absolute atomic E-state index is 0.128. The van der Waals surface area contributed by atoms with Crippen LogP contribution in [0.1, 0.15) is 24.4 Å². The number of likely N-dealkylation sites (N-methyl/N-ethyl adjacent to an activating group) is 1. The summed E-state index contributed by atoms with van der Waals surface area (Å²) in [5.41, 5.74) is 0.856. The van der Waals surface area contributed by atoms with Gasteiger partial charge in [-0.1, -0.05) is 30.3 Å². The van der Waals surface area contributed by atoms with Crippen LogP contribution < -0.4 is 0 Å². The Kier molecular flexibility index (Phi) is 6.16. The molecule has 0 amide bonds. The second kappa shape index (κ2) is 7.90. The van der Waals surface area contributed by atoms with Gasteiger partial charge in [0.25, 0.3) is 0 Å². The predicted octanol–water partition coefficient (Wildman–Crippen LogP) is 1.94. The number of carbonyl (C=O) groups excluding carboxylic acids is 1. The lowest BCUT2D eigenvalue weighted by molar-refractivity contribution is -0.150. The van der Waals surface area contributed by atoms with E-state index < -0.39 is 0 Å². The fraction of sp³-hybridized carbons (Fsp3) is 0.611. The molecule has 2 rings (SSSR count). The Balaban J connectivity index is 2.13. The monoisotopic (exact) mass is 320 g/mol. The minimum Gasteiger partial charge on any atom is -0.468 e. The number of rotatable bonds is 6. The van der Waals surface area contributed by atoms with Gasteiger partial charge in [-0.2, -0.15) is 0 Å². The summed E-state index contributed by atoms with van der Waals surface area (Å²) in [5, 5.41) is 0. The van der Waals surface area contributed by atoms with E-state index in [9.17, 15) is 4.79 Å². The summed E-state index contributed by atoms with van der Waals surface area (Å²) >= 11 is 0. The van der Waals surface area contributed by atoms with Crippen molar-refractivity contribution in [3.05, 3.63) is 35.9 Å². The molecule has 0 aliphatic carbocycles. The van der Waals surface area contributed by atoms with Crippen LogP contribution in [-0.4, -0.2) is 69.3 Å². The second-order valence-corrected chi connectivity index (χ2v) is 6.50. The zero-order chi connectivity index (χ0) is 16.9. The van der Waals surface area contributed by atoms with Gasteiger partial charge in [0, 0.05) is 26.7 Å². The van der Waals surface area contributed by atoms with Gasteiger partial charge in [-0.25, -0.2) is 4.79 Å². The largest absolute Gasteiger partial charge is 0.468 e. The number of nitrogens with zero attached hydrogens (tertiary/aromatic N) is 2. The molecule has 1 saturated heterocycles. The van der Waals surface area contributed by atoms with Crippen molar-refractivity contribution in [3.63, 3.8) is 0 Å². The Bertz CT molecular complexity index is 496. The first-order valence-electron chi connectivity index (χ1n) is 8.08. The molecule has 1 atom stereocenters. The van der Waals surface area contributed by atoms with Crippen molar-refractivity contribution < 1.29 is 14.3 Å². The number of ether oxygens (including phenoxy) is 2. The summed E-state index contributed by atoms with van der Waals surface area (Å²) in [6, 6.07) is 9.51. The number of esters is 1. The molecule has 1 unspecified atom stereocenters. The molecule has 23 heavy (non-hydrogen) atoms. The molecule has 5 heteroatoms. The third-order valence-electron chi connectivity index (χ3n) is 4.65. The quantitative estimate of drug-likeness (QED) is 0.750. The van der Waals surface area contributed by atoms with Gasteiger partial charge in [-0.3, -0.25) is 4.90 Å². The molecule has 1 aliphatic rings. The smallest absolute Gasteiger partial charge is 0.327 e. The zero-order valence-electron chi connectivity index (χ0n) is 14.6. The number of carbonyl (C=O) groups is 1. The Morgan fingerprint density at radius 1 is 1.22 bits per heavy atom. The van der Waals surface area contributed by atoms with Crippen LogP contribution in [0.25, 0.3) is 0 Å². The molecule has 1 heterocycles. The van der Waals surface area contributed by atoms with E-state index in [1.165, 1.54) is 7.11 Å². The molecule has 0 aromatic heterocycles. The molecule has 1 aliphatic heterocycles. The van der Waals surface area contributed by atoms with Crippen LogP contribution in [0, 0.1) is 0 Å². The van der Waals surface area contributed by atoms with E-state index in [1.54, 1.807) is 7.11 Å². The van der Waals surface area contributed by atoms with Gasteiger partial charge in [-0.15, -0.1) is 0 Å². The van der Waals surface area contributed by atoms with Crippen molar-refractivity contribution >= 4 is 5.97 Å². The highest BCUT2D eigenvalue weighted by Gasteiger charge is 2.39. The van der Waals surface area contributed by atoms with Crippen LogP contribution in [0.2, 0.25) is 0 Å². The molecule has 0 N–H and O–H groups in total. The highest BCUT2D eigenvalue weighted by atomic mass is 16.5. The zero-order valence-corrected chi connectivity index (χ0v) is 14.6. The maximum Gasteiger partial charge on any atom is 0.327 e. The van der Waals surface area contributed by atoms with Gasteiger partial charge < -0.3 is 14.4 Å². The highest BCUT2D eigenvalue weighted by molar-refractivity contribution is 5.77. The first kappa shape index (κ1) is 17.9. The van der Waals surface area contributed by atoms with E-state index in [0.29, 0.717) is 0 Å². The average Bonchev–Trinajstić information content (AvgIpc) is 2.57. The highest BCUT2D eigenvalue weighted by Crippen LogP contribution is 2.32. The van der Waals surface area contributed by atoms with E-state index in [1.807, 2.05) is 30.3 Å². The number of hydrogen-bond acceptors (Lipinski definition) is 5. The van der Waals surface area contributed by atoms with Gasteiger partial charge >= 0.3 is 5.97 Å². The molecule has 128 valence electrons. The standard InChI is InChI=1S/C18H28N2O3/c1-19(2)14-18(23-4)10-12-20(13-11-18)16(17(21)22-3)15-8-6-5-7-9-15/h5-9,16H,10-14H2,1-4H3. The summed E-state index contributed by atoms with van der Waals surface area (Å²) in [7, 11) is 7.37. The van der Waals surface area contributed by atoms with Gasteiger partial charge in [0.15, 0.2) is 0 Å². The molecule has 0 saturated carbocycles. The summed E-state index contributed by atoms with van der Waals surface area (Å²) in [5.74, 6) is -0.200. The third kappa shape index (κ3) is 4.31. The van der Waals surface area contributed by atoms with E-state index in [2.05, 4.69) is 23.9 Å². The topological polar surface area (TPSA) is 42.0 Å². The van der Waals surface area contributed by atoms with E-state index >= 15 is 0 Å². The van der Waals surface area contributed by atoms with Crippen LogP contribution in [0.5, 0.6) is 0 Å². The van der Waals surface area contributed by atoms with Gasteiger partial charge in [-0.05, 0) is 32.5 Å². The number of methoxy groups -OCH3 is 2.